The van der Waals surface area contributed by atoms with Crippen LogP contribution in [0.15, 0.2) is 0 Å². The normalized spacial score (nSPS) is 47.9. The second-order valence-electron chi connectivity index (χ2n) is 15.7. The minimum atomic E-state index is -2.18. The zero-order chi connectivity index (χ0) is 47.3. The molecule has 5 fully saturated rings. The molecule has 5 rings (SSSR count). The summed E-state index contributed by atoms with van der Waals surface area (Å²) in [5.74, 6) is -3.44. The third kappa shape index (κ3) is 11.4. The fourth-order valence-corrected chi connectivity index (χ4v) is 7.73. The second-order valence-corrected chi connectivity index (χ2v) is 15.7. The van der Waals surface area contributed by atoms with Gasteiger partial charge in [-0.15, -0.1) is 0 Å². The first-order valence-electron chi connectivity index (χ1n) is 20.3. The van der Waals surface area contributed by atoms with Crippen molar-refractivity contribution in [3.63, 3.8) is 0 Å². The lowest BCUT2D eigenvalue weighted by Gasteiger charge is -2.49. The Labute approximate surface area is 362 Å². The molecule has 0 spiro atoms. The van der Waals surface area contributed by atoms with Gasteiger partial charge in [0.1, 0.15) is 110 Å². The number of carbonyl (C=O) groups is 2. The van der Waals surface area contributed by atoms with Crippen LogP contribution in [0, 0.1) is 0 Å². The zero-order valence-electron chi connectivity index (χ0n) is 33.7. The van der Waals surface area contributed by atoms with E-state index in [0.29, 0.717) is 25.8 Å². The Morgan fingerprint density at radius 2 is 0.750 bits per heavy atom. The minimum absolute atomic E-state index is 0.0147. The first-order valence-corrected chi connectivity index (χ1v) is 20.3. The number of aliphatic carboxylic acids is 2. The van der Waals surface area contributed by atoms with Crippen molar-refractivity contribution in [3.05, 3.63) is 0 Å². The molecule has 5 aliphatic rings. The van der Waals surface area contributed by atoms with E-state index in [0.717, 1.165) is 0 Å². The quantitative estimate of drug-likeness (QED) is 0.0535. The van der Waals surface area contributed by atoms with Crippen LogP contribution < -0.4 is 5.73 Å². The average Bonchev–Trinajstić information content (AvgIpc) is 3.26. The highest BCUT2D eigenvalue weighted by Crippen LogP contribution is 2.36. The first kappa shape index (κ1) is 52.9. The molecular formula is C35H59NO28. The molecule has 5 heterocycles. The van der Waals surface area contributed by atoms with E-state index in [1.807, 2.05) is 0 Å². The summed E-state index contributed by atoms with van der Waals surface area (Å²) in [6.45, 7) is -2.63. The van der Waals surface area contributed by atoms with Crippen LogP contribution in [0.5, 0.6) is 0 Å². The number of rotatable bonds is 19. The summed E-state index contributed by atoms with van der Waals surface area (Å²) in [5, 5.41) is 168. The number of carboxylic acid groups (broad SMARTS) is 2. The Kier molecular flexibility index (Phi) is 19.3. The number of unbranched alkanes of at least 4 members (excludes halogenated alkanes) is 2. The Hall–Kier alpha value is -2.06. The van der Waals surface area contributed by atoms with E-state index < -0.39 is 185 Å². The molecule has 372 valence electrons. The number of nitrogens with two attached hydrogens (primary N) is 1. The molecule has 0 saturated carbocycles. The van der Waals surface area contributed by atoms with E-state index >= 15 is 0 Å². The molecule has 0 aliphatic carbocycles. The molecule has 0 aromatic carbocycles. The lowest BCUT2D eigenvalue weighted by molar-refractivity contribution is -0.392. The highest BCUT2D eigenvalue weighted by molar-refractivity contribution is 5.74. The van der Waals surface area contributed by atoms with Crippen molar-refractivity contribution in [3.8, 4) is 0 Å². The van der Waals surface area contributed by atoms with Crippen LogP contribution in [0.2, 0.25) is 0 Å². The maximum atomic E-state index is 12.1. The zero-order valence-corrected chi connectivity index (χ0v) is 33.7. The van der Waals surface area contributed by atoms with Crippen LogP contribution >= 0.6 is 0 Å². The van der Waals surface area contributed by atoms with Crippen molar-refractivity contribution in [2.24, 2.45) is 5.73 Å². The van der Waals surface area contributed by atoms with E-state index in [1.165, 1.54) is 0 Å². The van der Waals surface area contributed by atoms with Gasteiger partial charge in [0.2, 0.25) is 0 Å². The van der Waals surface area contributed by atoms with E-state index in [2.05, 4.69) is 0 Å². The molecule has 10 unspecified atom stereocenters. The molecular weight excluding hydrogens is 882 g/mol. The molecule has 64 heavy (non-hydrogen) atoms. The highest BCUT2D eigenvalue weighted by Gasteiger charge is 2.57. The van der Waals surface area contributed by atoms with Crippen molar-refractivity contribution in [2.75, 3.05) is 33.0 Å². The average molecular weight is 942 g/mol. The van der Waals surface area contributed by atoms with Crippen LogP contribution in [-0.2, 0) is 57.0 Å². The molecule has 0 amide bonds. The van der Waals surface area contributed by atoms with E-state index in [1.54, 1.807) is 0 Å². The SMILES string of the molecule is NCCCCCO[C@@H]1OC(C(=O)O)[C@@H](O[C@H]2OC(CO)[C@H](O[C@H]3OC(CO)[C@@H](O[C@@H]4OC(CO)[C@@H](O[C@@H]5OC(C(=O)O)[C@@H](O)[C@H](O)C5O)[C@H](O)C4O)[C@H](O)C3O)[C@H](O)C2O)[C@H](O)C1O. The lowest BCUT2D eigenvalue weighted by Crippen LogP contribution is -2.68. The van der Waals surface area contributed by atoms with Crippen LogP contribution in [0.4, 0.5) is 0 Å². The molecule has 5 saturated heterocycles. The predicted molar refractivity (Wildman–Crippen MR) is 194 cm³/mol. The number of aliphatic hydroxyl groups is 14. The maximum Gasteiger partial charge on any atom is 0.335 e. The monoisotopic (exact) mass is 941 g/mol. The van der Waals surface area contributed by atoms with Crippen LogP contribution in [0.25, 0.3) is 0 Å². The van der Waals surface area contributed by atoms with Crippen molar-refractivity contribution < 1.29 is 139 Å². The number of hydrogen-bond donors (Lipinski definition) is 17. The first-order chi connectivity index (χ1) is 30.3. The van der Waals surface area contributed by atoms with Gasteiger partial charge < -0.3 is 135 Å². The molecule has 29 heteroatoms. The van der Waals surface area contributed by atoms with Gasteiger partial charge in [-0.1, -0.05) is 0 Å². The molecule has 29 nitrogen and oxygen atoms in total. The van der Waals surface area contributed by atoms with Crippen molar-refractivity contribution >= 4 is 11.9 Å². The van der Waals surface area contributed by atoms with Gasteiger partial charge in [-0.05, 0) is 25.8 Å². The van der Waals surface area contributed by atoms with Gasteiger partial charge in [-0.25, -0.2) is 9.59 Å². The van der Waals surface area contributed by atoms with Gasteiger partial charge in [0.25, 0.3) is 0 Å². The van der Waals surface area contributed by atoms with Crippen molar-refractivity contribution in [1.82, 2.24) is 0 Å². The number of ether oxygens (including phenoxy) is 10. The summed E-state index contributed by atoms with van der Waals surface area (Å²) in [6.07, 6.45) is -47.8. The summed E-state index contributed by atoms with van der Waals surface area (Å²) < 4.78 is 54.6. The predicted octanol–water partition coefficient (Wildman–Crippen LogP) is -10.6. The summed E-state index contributed by atoms with van der Waals surface area (Å²) in [4.78, 5) is 23.7. The van der Waals surface area contributed by atoms with Crippen molar-refractivity contribution in [2.45, 2.75) is 173 Å². The smallest absolute Gasteiger partial charge is 0.335 e. The molecule has 0 bridgehead atoms. The Morgan fingerprint density at radius 3 is 1.14 bits per heavy atom. The number of carboxylic acids is 2. The van der Waals surface area contributed by atoms with E-state index in [9.17, 15) is 91.3 Å². The van der Waals surface area contributed by atoms with Crippen LogP contribution in [0.3, 0.4) is 0 Å². The summed E-state index contributed by atoms with van der Waals surface area (Å²) in [5.41, 5.74) is 5.46. The van der Waals surface area contributed by atoms with Gasteiger partial charge in [-0.3, -0.25) is 0 Å². The van der Waals surface area contributed by atoms with Gasteiger partial charge >= 0.3 is 11.9 Å². The molecule has 18 N–H and O–H groups in total. The standard InChI is InChI=1S/C35H59NO28/c36-4-2-1-3-5-55-31-19(47)17(45)26(28(64-31)30(53)54)62-34-22(50)16(44)24(10(7-38)58-34)60-32-20(48)14(42)23(9(6-37)56-32)59-33-21(49)15(43)25(11(8-39)57-33)61-35-18(46)12(40)13(41)27(63-35)29(51)52/h9-28,31-35,37-50H,1-8,36H2,(H,51,52)(H,53,54)/t9?,10?,11?,12-,13-,14+,15+,16+,17+,18?,19?,20?,21?,22?,23+,24-,25+,26-,27?,28?,31+,32+,33-,34+,35+/m0/s1. The van der Waals surface area contributed by atoms with E-state index in [-0.39, 0.29) is 6.61 Å². The third-order valence-electron chi connectivity index (χ3n) is 11.4. The largest absolute Gasteiger partial charge is 0.479 e. The van der Waals surface area contributed by atoms with Gasteiger partial charge in [-0.2, -0.15) is 0 Å². The lowest BCUT2D eigenvalue weighted by atomic mass is 9.95. The molecule has 5 aliphatic heterocycles. The Morgan fingerprint density at radius 1 is 0.406 bits per heavy atom. The second kappa shape index (κ2) is 23.3. The summed E-state index contributed by atoms with van der Waals surface area (Å²) >= 11 is 0. The summed E-state index contributed by atoms with van der Waals surface area (Å²) in [6, 6.07) is 0. The van der Waals surface area contributed by atoms with Gasteiger partial charge in [0.05, 0.1) is 19.8 Å². The fraction of sp³-hybridized carbons (Fsp3) is 0.943. The Balaban J connectivity index is 1.21. The molecule has 0 radical (unpaired) electrons. The van der Waals surface area contributed by atoms with Gasteiger partial charge in [0.15, 0.2) is 43.7 Å². The Bertz CT molecular complexity index is 1470. The van der Waals surface area contributed by atoms with Crippen LogP contribution in [-0.4, -0.2) is 280 Å². The topological polar surface area (TPSA) is 476 Å². The van der Waals surface area contributed by atoms with Gasteiger partial charge in [0, 0.05) is 6.61 Å². The third-order valence-corrected chi connectivity index (χ3v) is 11.4. The maximum absolute atomic E-state index is 12.1. The number of hydrogen-bond acceptors (Lipinski definition) is 27. The van der Waals surface area contributed by atoms with E-state index in [4.69, 9.17) is 53.1 Å². The fourth-order valence-electron chi connectivity index (χ4n) is 7.73. The molecule has 25 atom stereocenters. The highest BCUT2D eigenvalue weighted by atomic mass is 16.8. The molecule has 0 aromatic heterocycles. The summed E-state index contributed by atoms with van der Waals surface area (Å²) in [7, 11) is 0. The number of aliphatic hydroxyl groups excluding tert-OH is 14. The van der Waals surface area contributed by atoms with Crippen LogP contribution in [0.1, 0.15) is 19.3 Å². The molecule has 0 aromatic rings. The minimum Gasteiger partial charge on any atom is -0.479 e. The van der Waals surface area contributed by atoms with Crippen molar-refractivity contribution in [1.29, 1.82) is 0 Å².